The molecule has 6 heteroatoms. The molecule has 1 fully saturated rings. The summed E-state index contributed by atoms with van der Waals surface area (Å²) in [5, 5.41) is 5.72. The molecule has 1 saturated carbocycles. The topological polar surface area (TPSA) is 84.2 Å². The third-order valence-electron chi connectivity index (χ3n) is 4.66. The van der Waals surface area contributed by atoms with Crippen LogP contribution >= 0.6 is 12.4 Å². The molecule has 5 nitrogen and oxygen atoms in total. The summed E-state index contributed by atoms with van der Waals surface area (Å²) >= 11 is 0. The maximum atomic E-state index is 12.3. The molecule has 134 valence electrons. The van der Waals surface area contributed by atoms with Gasteiger partial charge in [-0.05, 0) is 49.1 Å². The lowest BCUT2D eigenvalue weighted by Crippen LogP contribution is -2.36. The molecule has 0 unspecified atom stereocenters. The number of hydrogen-bond acceptors (Lipinski definition) is 3. The lowest BCUT2D eigenvalue weighted by molar-refractivity contribution is -0.119. The van der Waals surface area contributed by atoms with E-state index in [1.54, 1.807) is 24.3 Å². The van der Waals surface area contributed by atoms with E-state index in [-0.39, 0.29) is 29.6 Å². The van der Waals surface area contributed by atoms with E-state index in [1.807, 2.05) is 6.92 Å². The Morgan fingerprint density at radius 1 is 1.00 bits per heavy atom. The second kappa shape index (κ2) is 9.64. The van der Waals surface area contributed by atoms with Crippen LogP contribution in [0.15, 0.2) is 24.3 Å². The van der Waals surface area contributed by atoms with Gasteiger partial charge in [0.15, 0.2) is 0 Å². The zero-order chi connectivity index (χ0) is 16.7. The van der Waals surface area contributed by atoms with E-state index >= 15 is 0 Å². The van der Waals surface area contributed by atoms with Crippen molar-refractivity contribution in [1.82, 2.24) is 0 Å². The highest BCUT2D eigenvalue weighted by Crippen LogP contribution is 2.38. The van der Waals surface area contributed by atoms with Gasteiger partial charge in [0.1, 0.15) is 0 Å². The van der Waals surface area contributed by atoms with E-state index in [0.717, 1.165) is 37.1 Å². The van der Waals surface area contributed by atoms with E-state index in [1.165, 1.54) is 6.42 Å². The van der Waals surface area contributed by atoms with Gasteiger partial charge in [0, 0.05) is 24.2 Å². The molecule has 0 aromatic heterocycles. The fraction of sp³-hybridized carbons (Fsp3) is 0.556. The Labute approximate surface area is 150 Å². The van der Waals surface area contributed by atoms with E-state index < -0.39 is 0 Å². The molecule has 24 heavy (non-hydrogen) atoms. The Hall–Kier alpha value is -1.59. The van der Waals surface area contributed by atoms with Crippen molar-refractivity contribution in [2.45, 2.75) is 51.9 Å². The summed E-state index contributed by atoms with van der Waals surface area (Å²) in [5.74, 6) is -0.00772. The first-order valence-corrected chi connectivity index (χ1v) is 8.47. The van der Waals surface area contributed by atoms with Crippen molar-refractivity contribution in [2.24, 2.45) is 11.1 Å². The molecule has 0 heterocycles. The van der Waals surface area contributed by atoms with Crippen molar-refractivity contribution >= 4 is 35.6 Å². The van der Waals surface area contributed by atoms with Gasteiger partial charge in [0.25, 0.3) is 0 Å². The fourth-order valence-electron chi connectivity index (χ4n) is 3.19. The van der Waals surface area contributed by atoms with Gasteiger partial charge >= 0.3 is 0 Å². The van der Waals surface area contributed by atoms with Crippen molar-refractivity contribution in [3.05, 3.63) is 24.3 Å². The van der Waals surface area contributed by atoms with Crippen molar-refractivity contribution < 1.29 is 9.59 Å². The quantitative estimate of drug-likeness (QED) is 0.729. The molecule has 0 saturated heterocycles. The lowest BCUT2D eigenvalue weighted by atomic mass is 9.71. The minimum absolute atomic E-state index is 0. The summed E-state index contributed by atoms with van der Waals surface area (Å²) in [6.45, 7) is 2.38. The normalized spacial score (nSPS) is 15.9. The first-order valence-electron chi connectivity index (χ1n) is 8.47. The molecule has 1 aromatic carbocycles. The van der Waals surface area contributed by atoms with Crippen LogP contribution in [0.3, 0.4) is 0 Å². The van der Waals surface area contributed by atoms with Crippen LogP contribution in [0.25, 0.3) is 0 Å². The number of halogens is 1. The number of rotatable bonds is 6. The van der Waals surface area contributed by atoms with Crippen LogP contribution in [0, 0.1) is 5.41 Å². The minimum Gasteiger partial charge on any atom is -0.330 e. The number of carbonyl (C=O) groups excluding carboxylic acids is 2. The predicted molar refractivity (Wildman–Crippen MR) is 100 cm³/mol. The van der Waals surface area contributed by atoms with Crippen molar-refractivity contribution in [3.63, 3.8) is 0 Å². The molecule has 1 aliphatic carbocycles. The maximum Gasteiger partial charge on any atom is 0.224 e. The monoisotopic (exact) mass is 353 g/mol. The number of anilines is 2. The first kappa shape index (κ1) is 20.5. The van der Waals surface area contributed by atoms with E-state index in [0.29, 0.717) is 19.4 Å². The number of amides is 2. The molecule has 1 aliphatic rings. The lowest BCUT2D eigenvalue weighted by Gasteiger charge is -2.35. The molecule has 0 bridgehead atoms. The number of hydrogen-bond donors (Lipinski definition) is 3. The van der Waals surface area contributed by atoms with Gasteiger partial charge in [-0.2, -0.15) is 0 Å². The molecule has 0 radical (unpaired) electrons. The summed E-state index contributed by atoms with van der Waals surface area (Å²) in [4.78, 5) is 23.7. The van der Waals surface area contributed by atoms with Crippen molar-refractivity contribution in [2.75, 3.05) is 17.2 Å². The molecule has 0 atom stereocenters. The summed E-state index contributed by atoms with van der Waals surface area (Å²) in [5.41, 5.74) is 7.39. The van der Waals surface area contributed by atoms with Crippen LogP contribution in [0.4, 0.5) is 11.4 Å². The highest BCUT2D eigenvalue weighted by Gasteiger charge is 2.32. The van der Waals surface area contributed by atoms with Crippen LogP contribution in [0.2, 0.25) is 0 Å². The molecule has 2 amide bonds. The van der Waals surface area contributed by atoms with Gasteiger partial charge in [0.05, 0.1) is 0 Å². The number of benzene rings is 1. The number of carbonyl (C=O) groups is 2. The molecule has 0 spiro atoms. The average Bonchev–Trinajstić information content (AvgIpc) is 2.57. The van der Waals surface area contributed by atoms with Crippen LogP contribution in [0.5, 0.6) is 0 Å². The van der Waals surface area contributed by atoms with Gasteiger partial charge in [0.2, 0.25) is 11.8 Å². The predicted octanol–water partition coefficient (Wildman–Crippen LogP) is 3.69. The van der Waals surface area contributed by atoms with Crippen LogP contribution < -0.4 is 16.4 Å². The van der Waals surface area contributed by atoms with Gasteiger partial charge in [-0.15, -0.1) is 12.4 Å². The molecule has 0 aliphatic heterocycles. The number of nitrogens with two attached hydrogens (primary N) is 1. The largest absolute Gasteiger partial charge is 0.330 e. The summed E-state index contributed by atoms with van der Waals surface area (Å²) in [7, 11) is 0. The van der Waals surface area contributed by atoms with Gasteiger partial charge < -0.3 is 16.4 Å². The van der Waals surface area contributed by atoms with E-state index in [9.17, 15) is 9.59 Å². The Kier molecular flexibility index (Phi) is 8.22. The Morgan fingerprint density at radius 3 is 1.96 bits per heavy atom. The standard InChI is InChI=1S/C18H27N3O2.ClH/c1-2-16(22)20-14-6-8-15(9-7-14)21-17(23)12-18(13-19)10-4-3-5-11-18;/h6-9H,2-5,10-13,19H2,1H3,(H,20,22)(H,21,23);1H. The minimum atomic E-state index is -0.0304. The summed E-state index contributed by atoms with van der Waals surface area (Å²) in [6.07, 6.45) is 6.58. The summed E-state index contributed by atoms with van der Waals surface area (Å²) in [6, 6.07) is 7.20. The zero-order valence-corrected chi connectivity index (χ0v) is 15.1. The van der Waals surface area contributed by atoms with Gasteiger partial charge in [-0.1, -0.05) is 26.2 Å². The molecular formula is C18H28ClN3O2. The van der Waals surface area contributed by atoms with E-state index in [4.69, 9.17) is 5.73 Å². The molecule has 2 rings (SSSR count). The third kappa shape index (κ3) is 5.80. The SMILES string of the molecule is CCC(=O)Nc1ccc(NC(=O)CC2(CN)CCCCC2)cc1.Cl. The second-order valence-corrected chi connectivity index (χ2v) is 6.47. The summed E-state index contributed by atoms with van der Waals surface area (Å²) < 4.78 is 0. The van der Waals surface area contributed by atoms with Crippen LogP contribution in [-0.2, 0) is 9.59 Å². The fourth-order valence-corrected chi connectivity index (χ4v) is 3.19. The Morgan fingerprint density at radius 2 is 1.50 bits per heavy atom. The van der Waals surface area contributed by atoms with Crippen LogP contribution in [-0.4, -0.2) is 18.4 Å². The smallest absolute Gasteiger partial charge is 0.224 e. The average molecular weight is 354 g/mol. The maximum absolute atomic E-state index is 12.3. The first-order chi connectivity index (χ1) is 11.1. The van der Waals surface area contributed by atoms with E-state index in [2.05, 4.69) is 10.6 Å². The zero-order valence-electron chi connectivity index (χ0n) is 14.3. The van der Waals surface area contributed by atoms with Crippen LogP contribution in [0.1, 0.15) is 51.9 Å². The highest BCUT2D eigenvalue weighted by molar-refractivity contribution is 5.93. The highest BCUT2D eigenvalue weighted by atomic mass is 35.5. The molecule has 1 aromatic rings. The van der Waals surface area contributed by atoms with Crippen molar-refractivity contribution in [1.29, 1.82) is 0 Å². The van der Waals surface area contributed by atoms with Gasteiger partial charge in [-0.3, -0.25) is 9.59 Å². The van der Waals surface area contributed by atoms with Gasteiger partial charge in [-0.25, -0.2) is 0 Å². The third-order valence-corrected chi connectivity index (χ3v) is 4.66. The number of nitrogens with one attached hydrogen (secondary N) is 2. The Balaban J connectivity index is 0.00000288. The molecular weight excluding hydrogens is 326 g/mol. The Bertz CT molecular complexity index is 540. The molecule has 4 N–H and O–H groups in total. The van der Waals surface area contributed by atoms with Crippen molar-refractivity contribution in [3.8, 4) is 0 Å². The second-order valence-electron chi connectivity index (χ2n) is 6.47.